The van der Waals surface area contributed by atoms with E-state index in [9.17, 15) is 14.4 Å². The van der Waals surface area contributed by atoms with Crippen LogP contribution in [0.4, 0.5) is 9.93 Å². The predicted molar refractivity (Wildman–Crippen MR) is 84.1 cm³/mol. The minimum Gasteiger partial charge on any atom is -0.476 e. The number of oxime groups is 1. The Kier molecular flexibility index (Phi) is 6.65. The van der Waals surface area contributed by atoms with E-state index in [4.69, 9.17) is 9.84 Å². The number of aliphatic carboxylic acids is 1. The molecule has 0 bridgehead atoms. The van der Waals surface area contributed by atoms with E-state index in [1.165, 1.54) is 5.38 Å². The first-order valence-electron chi connectivity index (χ1n) is 6.58. The van der Waals surface area contributed by atoms with E-state index in [2.05, 4.69) is 25.0 Å². The summed E-state index contributed by atoms with van der Waals surface area (Å²) in [4.78, 5) is 42.2. The normalized spacial score (nSPS) is 11.6. The predicted octanol–water partition coefficient (Wildman–Crippen LogP) is 1.47. The Bertz CT molecular complexity index is 648. The highest BCUT2D eigenvalue weighted by atomic mass is 32.1. The molecule has 24 heavy (non-hydrogen) atoms. The van der Waals surface area contributed by atoms with Crippen LogP contribution in [0.15, 0.2) is 10.5 Å². The quantitative estimate of drug-likeness (QED) is 0.442. The Hall–Kier alpha value is -2.69. The van der Waals surface area contributed by atoms with Crippen molar-refractivity contribution in [3.63, 3.8) is 0 Å². The van der Waals surface area contributed by atoms with Crippen LogP contribution in [0, 0.1) is 0 Å². The SMILES string of the molecule is COC(=O)CON=C(C(=O)O)c1csc(NC(=O)OC(C)(C)C)n1. The molecule has 0 aliphatic heterocycles. The lowest BCUT2D eigenvalue weighted by Gasteiger charge is -2.18. The van der Waals surface area contributed by atoms with E-state index in [-0.39, 0.29) is 10.8 Å². The molecule has 0 aliphatic rings. The molecule has 11 heteroatoms. The van der Waals surface area contributed by atoms with Gasteiger partial charge in [0, 0.05) is 5.38 Å². The van der Waals surface area contributed by atoms with Crippen molar-refractivity contribution >= 4 is 40.2 Å². The number of carboxylic acids is 1. The van der Waals surface area contributed by atoms with Crippen molar-refractivity contribution in [2.24, 2.45) is 5.16 Å². The van der Waals surface area contributed by atoms with Crippen LogP contribution >= 0.6 is 11.3 Å². The number of carboxylic acid groups (broad SMARTS) is 1. The van der Waals surface area contributed by atoms with E-state index in [1.54, 1.807) is 20.8 Å². The minimum absolute atomic E-state index is 0.0385. The number of methoxy groups -OCH3 is 1. The Labute approximate surface area is 141 Å². The molecule has 1 heterocycles. The number of anilines is 1. The summed E-state index contributed by atoms with van der Waals surface area (Å²) < 4.78 is 9.39. The molecule has 0 unspecified atom stereocenters. The van der Waals surface area contributed by atoms with Crippen LogP contribution in [0.3, 0.4) is 0 Å². The molecule has 0 aliphatic carbocycles. The van der Waals surface area contributed by atoms with Gasteiger partial charge < -0.3 is 19.4 Å². The number of carbonyl (C=O) groups excluding carboxylic acids is 2. The van der Waals surface area contributed by atoms with Gasteiger partial charge >= 0.3 is 18.0 Å². The molecular formula is C13H17N3O7S. The van der Waals surface area contributed by atoms with Crippen molar-refractivity contribution < 1.29 is 33.8 Å². The number of ether oxygens (including phenoxy) is 2. The number of hydrogen-bond acceptors (Lipinski definition) is 9. The summed E-state index contributed by atoms with van der Waals surface area (Å²) in [6, 6.07) is 0. The Morgan fingerprint density at radius 2 is 2.04 bits per heavy atom. The first-order chi connectivity index (χ1) is 11.1. The van der Waals surface area contributed by atoms with Crippen molar-refractivity contribution in [2.75, 3.05) is 19.0 Å². The molecule has 2 N–H and O–H groups in total. The average molecular weight is 359 g/mol. The number of rotatable bonds is 6. The van der Waals surface area contributed by atoms with E-state index < -0.39 is 36.0 Å². The standard InChI is InChI=1S/C13H17N3O7S/c1-13(2,3)23-12(20)15-11-14-7(6-24-11)9(10(18)19)16-22-5-8(17)21-4/h6H,5H2,1-4H3,(H,18,19)(H,14,15,20). The maximum atomic E-state index is 11.6. The molecule has 0 atom stereocenters. The summed E-state index contributed by atoms with van der Waals surface area (Å²) in [6.45, 7) is 4.57. The van der Waals surface area contributed by atoms with Gasteiger partial charge in [0.25, 0.3) is 0 Å². The van der Waals surface area contributed by atoms with Gasteiger partial charge in [-0.1, -0.05) is 5.16 Å². The zero-order valence-corrected chi connectivity index (χ0v) is 14.3. The summed E-state index contributed by atoms with van der Waals surface area (Å²) in [5.74, 6) is -2.12. The average Bonchev–Trinajstić information content (AvgIpc) is 2.88. The van der Waals surface area contributed by atoms with E-state index in [0.29, 0.717) is 0 Å². The van der Waals surface area contributed by atoms with E-state index >= 15 is 0 Å². The number of amides is 1. The third kappa shape index (κ3) is 6.60. The molecule has 1 aromatic rings. The molecule has 0 spiro atoms. The van der Waals surface area contributed by atoms with Crippen LogP contribution < -0.4 is 5.32 Å². The molecule has 0 fully saturated rings. The Morgan fingerprint density at radius 3 is 2.58 bits per heavy atom. The fourth-order valence-corrected chi connectivity index (χ4v) is 1.92. The molecule has 1 rings (SSSR count). The third-order valence-corrected chi connectivity index (χ3v) is 2.88. The maximum Gasteiger partial charge on any atom is 0.413 e. The van der Waals surface area contributed by atoms with Gasteiger partial charge in [-0.25, -0.2) is 19.4 Å². The van der Waals surface area contributed by atoms with Gasteiger partial charge in [-0.2, -0.15) is 0 Å². The summed E-state index contributed by atoms with van der Waals surface area (Å²) in [7, 11) is 1.16. The second kappa shape index (κ2) is 8.24. The molecule has 1 amide bonds. The molecule has 0 saturated heterocycles. The van der Waals surface area contributed by atoms with Gasteiger partial charge in [-0.3, -0.25) is 5.32 Å². The van der Waals surface area contributed by atoms with E-state index in [1.807, 2.05) is 0 Å². The summed E-state index contributed by atoms with van der Waals surface area (Å²) in [5, 5.41) is 16.3. The monoisotopic (exact) mass is 359 g/mol. The minimum atomic E-state index is -1.41. The van der Waals surface area contributed by atoms with Crippen molar-refractivity contribution in [2.45, 2.75) is 26.4 Å². The molecular weight excluding hydrogens is 342 g/mol. The third-order valence-electron chi connectivity index (χ3n) is 2.12. The van der Waals surface area contributed by atoms with Crippen molar-refractivity contribution in [1.29, 1.82) is 0 Å². The van der Waals surface area contributed by atoms with Gasteiger partial charge in [0.15, 0.2) is 5.13 Å². The topological polar surface area (TPSA) is 136 Å². The number of aromatic nitrogens is 1. The second-order valence-electron chi connectivity index (χ2n) is 5.26. The van der Waals surface area contributed by atoms with Crippen molar-refractivity contribution in [1.82, 2.24) is 4.98 Å². The summed E-state index contributed by atoms with van der Waals surface area (Å²) >= 11 is 0.979. The molecule has 1 aromatic heterocycles. The highest BCUT2D eigenvalue weighted by Crippen LogP contribution is 2.18. The molecule has 0 aromatic carbocycles. The fraction of sp³-hybridized carbons (Fsp3) is 0.462. The Balaban J connectivity index is 2.79. The van der Waals surface area contributed by atoms with Crippen LogP contribution in [0.2, 0.25) is 0 Å². The summed E-state index contributed by atoms with van der Waals surface area (Å²) in [5.41, 5.74) is -1.24. The maximum absolute atomic E-state index is 11.6. The zero-order valence-electron chi connectivity index (χ0n) is 13.5. The number of thiazole rings is 1. The van der Waals surface area contributed by atoms with Crippen LogP contribution in [0.1, 0.15) is 26.5 Å². The lowest BCUT2D eigenvalue weighted by atomic mass is 10.2. The number of hydrogen-bond donors (Lipinski definition) is 2. The lowest BCUT2D eigenvalue weighted by Crippen LogP contribution is -2.27. The fourth-order valence-electron chi connectivity index (χ4n) is 1.23. The van der Waals surface area contributed by atoms with Crippen molar-refractivity contribution in [3.05, 3.63) is 11.1 Å². The molecule has 132 valence electrons. The zero-order chi connectivity index (χ0) is 18.3. The number of nitrogens with zero attached hydrogens (tertiary/aromatic N) is 2. The Morgan fingerprint density at radius 1 is 1.38 bits per heavy atom. The highest BCUT2D eigenvalue weighted by molar-refractivity contribution is 7.14. The van der Waals surface area contributed by atoms with Gasteiger partial charge in [0.2, 0.25) is 12.3 Å². The smallest absolute Gasteiger partial charge is 0.413 e. The molecule has 0 radical (unpaired) electrons. The van der Waals surface area contributed by atoms with Crippen LogP contribution in [0.25, 0.3) is 0 Å². The lowest BCUT2D eigenvalue weighted by molar-refractivity contribution is -0.146. The highest BCUT2D eigenvalue weighted by Gasteiger charge is 2.20. The first-order valence-corrected chi connectivity index (χ1v) is 7.46. The molecule has 10 nitrogen and oxygen atoms in total. The first kappa shape index (κ1) is 19.4. The van der Waals surface area contributed by atoms with Crippen LogP contribution in [-0.4, -0.2) is 53.2 Å². The molecule has 0 saturated carbocycles. The van der Waals surface area contributed by atoms with Gasteiger partial charge in [-0.15, -0.1) is 11.3 Å². The van der Waals surface area contributed by atoms with E-state index in [0.717, 1.165) is 18.4 Å². The van der Waals surface area contributed by atoms with Gasteiger partial charge in [0.05, 0.1) is 7.11 Å². The van der Waals surface area contributed by atoms with Crippen molar-refractivity contribution in [3.8, 4) is 0 Å². The van der Waals surface area contributed by atoms with Crippen LogP contribution in [0.5, 0.6) is 0 Å². The van der Waals surface area contributed by atoms with Gasteiger partial charge in [0.1, 0.15) is 11.3 Å². The number of esters is 1. The second-order valence-corrected chi connectivity index (χ2v) is 6.12. The largest absolute Gasteiger partial charge is 0.476 e. The van der Waals surface area contributed by atoms with Crippen LogP contribution in [-0.2, 0) is 23.9 Å². The van der Waals surface area contributed by atoms with Gasteiger partial charge in [-0.05, 0) is 20.8 Å². The number of nitrogens with one attached hydrogen (secondary N) is 1. The number of carbonyl (C=O) groups is 3. The summed E-state index contributed by atoms with van der Waals surface area (Å²) in [6.07, 6.45) is -0.723.